The second-order valence-electron chi connectivity index (χ2n) is 9.01. The molecule has 1 heterocycles. The van der Waals surface area contributed by atoms with Crippen LogP contribution in [0.4, 0.5) is 4.79 Å². The number of benzene rings is 1. The maximum absolute atomic E-state index is 12.1. The second-order valence-corrected chi connectivity index (χ2v) is 9.01. The average molecular weight is 407 g/mol. The van der Waals surface area contributed by atoms with Crippen LogP contribution < -0.4 is 15.5 Å². The molecule has 160 valence electrons. The summed E-state index contributed by atoms with van der Waals surface area (Å²) in [4.78, 5) is 23.9. The Labute approximate surface area is 172 Å². The van der Waals surface area contributed by atoms with E-state index in [9.17, 15) is 14.7 Å². The normalized spacial score (nSPS) is 18.8. The molecule has 9 heteroatoms. The van der Waals surface area contributed by atoms with Crippen molar-refractivity contribution in [2.24, 2.45) is 0 Å². The monoisotopic (exact) mass is 407 g/mol. The molecule has 0 unspecified atom stereocenters. The lowest BCUT2D eigenvalue weighted by Crippen LogP contribution is -2.41. The predicted octanol–water partition coefficient (Wildman–Crippen LogP) is 2.64. The van der Waals surface area contributed by atoms with Gasteiger partial charge in [0.2, 0.25) is 0 Å². The first-order chi connectivity index (χ1) is 13.2. The first-order valence-corrected chi connectivity index (χ1v) is 9.42. The molecule has 1 aromatic rings. The number of alkyl carbamates (subject to hydrolysis) is 1. The Morgan fingerprint density at radius 1 is 1.14 bits per heavy atom. The van der Waals surface area contributed by atoms with Crippen LogP contribution in [0.15, 0.2) is 18.2 Å². The number of carbonyl (C=O) groups excluding carboxylic acids is 1. The Morgan fingerprint density at radius 3 is 2.14 bits per heavy atom. The van der Waals surface area contributed by atoms with Crippen LogP contribution in [0.2, 0.25) is 0 Å². The van der Waals surface area contributed by atoms with Gasteiger partial charge in [0, 0.05) is 5.46 Å². The Hall–Kier alpha value is -2.26. The summed E-state index contributed by atoms with van der Waals surface area (Å²) in [5.74, 6) is -0.727. The average Bonchev–Trinajstić information content (AvgIpc) is 2.78. The van der Waals surface area contributed by atoms with Gasteiger partial charge in [0.05, 0.1) is 18.3 Å². The number of carboxylic acids is 1. The molecule has 1 aromatic carbocycles. The zero-order chi connectivity index (χ0) is 22.2. The fraction of sp³-hybridized carbons (Fsp3) is 0.600. The number of hydrogen-bond acceptors (Lipinski definition) is 6. The van der Waals surface area contributed by atoms with E-state index < -0.39 is 42.0 Å². The summed E-state index contributed by atoms with van der Waals surface area (Å²) < 4.78 is 22.7. The highest BCUT2D eigenvalue weighted by Crippen LogP contribution is 2.37. The number of methoxy groups -OCH3 is 1. The molecule has 1 aliphatic rings. The number of carboxylic acid groups (broad SMARTS) is 1. The first kappa shape index (κ1) is 23.0. The Bertz CT molecular complexity index is 770. The van der Waals surface area contributed by atoms with E-state index >= 15 is 0 Å². The van der Waals surface area contributed by atoms with Gasteiger partial charge in [-0.3, -0.25) is 0 Å². The third-order valence-electron chi connectivity index (χ3n) is 5.00. The first-order valence-electron chi connectivity index (χ1n) is 9.42. The molecule has 0 aromatic heterocycles. The van der Waals surface area contributed by atoms with Gasteiger partial charge in [0.25, 0.3) is 0 Å². The third-order valence-corrected chi connectivity index (χ3v) is 5.00. The van der Waals surface area contributed by atoms with Crippen molar-refractivity contribution in [1.29, 1.82) is 0 Å². The smallest absolute Gasteiger partial charge is 0.497 e. The highest BCUT2D eigenvalue weighted by molar-refractivity contribution is 6.63. The van der Waals surface area contributed by atoms with Gasteiger partial charge in [0.15, 0.2) is 6.04 Å². The topological polar surface area (TPSA) is 103 Å². The number of amides is 1. The van der Waals surface area contributed by atoms with Crippen molar-refractivity contribution in [2.75, 3.05) is 7.11 Å². The van der Waals surface area contributed by atoms with Gasteiger partial charge in [-0.05, 0) is 60.1 Å². The summed E-state index contributed by atoms with van der Waals surface area (Å²) in [6.07, 6.45) is -0.821. The van der Waals surface area contributed by atoms with Crippen LogP contribution >= 0.6 is 0 Å². The molecule has 1 aliphatic heterocycles. The van der Waals surface area contributed by atoms with Crippen molar-refractivity contribution in [3.63, 3.8) is 0 Å². The summed E-state index contributed by atoms with van der Waals surface area (Å²) in [6, 6.07) is 3.50. The molecular formula is C20H30BNO7. The fourth-order valence-corrected chi connectivity index (χ4v) is 2.80. The van der Waals surface area contributed by atoms with E-state index in [0.29, 0.717) is 16.8 Å². The van der Waals surface area contributed by atoms with Gasteiger partial charge in [0.1, 0.15) is 11.4 Å². The zero-order valence-electron chi connectivity index (χ0n) is 18.3. The summed E-state index contributed by atoms with van der Waals surface area (Å²) in [5, 5.41) is 12.1. The molecule has 0 bridgehead atoms. The van der Waals surface area contributed by atoms with E-state index in [4.69, 9.17) is 18.8 Å². The minimum absolute atomic E-state index is 0.342. The maximum atomic E-state index is 12.1. The summed E-state index contributed by atoms with van der Waals surface area (Å²) >= 11 is 0. The van der Waals surface area contributed by atoms with E-state index in [1.54, 1.807) is 39.0 Å². The molecule has 0 radical (unpaired) electrons. The SMILES string of the molecule is COc1ccc([C@@H](NC(=O)OC(C)(C)C)C(=O)O)cc1B1OC(C)(C)C(C)(C)O1. The van der Waals surface area contributed by atoms with Gasteiger partial charge < -0.3 is 29.2 Å². The van der Waals surface area contributed by atoms with E-state index in [0.717, 1.165) is 0 Å². The maximum Gasteiger partial charge on any atom is 0.498 e. The van der Waals surface area contributed by atoms with Gasteiger partial charge in [-0.15, -0.1) is 0 Å². The molecule has 2 rings (SSSR count). The van der Waals surface area contributed by atoms with Crippen molar-refractivity contribution in [2.45, 2.75) is 71.3 Å². The summed E-state index contributed by atoms with van der Waals surface area (Å²) in [6.45, 7) is 12.8. The van der Waals surface area contributed by atoms with Crippen LogP contribution in [0.1, 0.15) is 60.1 Å². The van der Waals surface area contributed by atoms with E-state index in [2.05, 4.69) is 5.32 Å². The Kier molecular flexibility index (Phi) is 6.25. The predicted molar refractivity (Wildman–Crippen MR) is 108 cm³/mol. The zero-order valence-corrected chi connectivity index (χ0v) is 18.3. The molecule has 1 saturated heterocycles. The number of carbonyl (C=O) groups is 2. The van der Waals surface area contributed by atoms with Crippen molar-refractivity contribution in [3.05, 3.63) is 23.8 Å². The lowest BCUT2D eigenvalue weighted by molar-refractivity contribution is -0.139. The number of rotatable bonds is 5. The second kappa shape index (κ2) is 7.87. The van der Waals surface area contributed by atoms with Gasteiger partial charge in [-0.2, -0.15) is 0 Å². The van der Waals surface area contributed by atoms with Crippen molar-refractivity contribution in [3.8, 4) is 5.75 Å². The minimum atomic E-state index is -1.31. The van der Waals surface area contributed by atoms with Crippen LogP contribution in [-0.4, -0.2) is 48.2 Å². The number of nitrogens with one attached hydrogen (secondary N) is 1. The third kappa shape index (κ3) is 5.22. The Balaban J connectivity index is 2.37. The van der Waals surface area contributed by atoms with Crippen molar-refractivity contribution in [1.82, 2.24) is 5.32 Å². The van der Waals surface area contributed by atoms with Crippen molar-refractivity contribution < 1.29 is 33.5 Å². The summed E-state index contributed by atoms with van der Waals surface area (Å²) in [7, 11) is 0.767. The number of hydrogen-bond donors (Lipinski definition) is 2. The van der Waals surface area contributed by atoms with Crippen LogP contribution in [0.25, 0.3) is 0 Å². The fourth-order valence-electron chi connectivity index (χ4n) is 2.80. The van der Waals surface area contributed by atoms with Crippen LogP contribution in [-0.2, 0) is 18.8 Å². The molecule has 8 nitrogen and oxygen atoms in total. The molecule has 1 atom stereocenters. The largest absolute Gasteiger partial charge is 0.498 e. The number of aliphatic carboxylic acids is 1. The molecule has 0 aliphatic carbocycles. The highest BCUT2D eigenvalue weighted by atomic mass is 16.7. The molecule has 29 heavy (non-hydrogen) atoms. The van der Waals surface area contributed by atoms with E-state index in [1.165, 1.54) is 7.11 Å². The minimum Gasteiger partial charge on any atom is -0.497 e. The van der Waals surface area contributed by atoms with Crippen molar-refractivity contribution >= 4 is 24.6 Å². The molecular weight excluding hydrogens is 377 g/mol. The van der Waals surface area contributed by atoms with Gasteiger partial charge in [-0.25, -0.2) is 9.59 Å². The van der Waals surface area contributed by atoms with E-state index in [1.807, 2.05) is 27.7 Å². The molecule has 2 N–H and O–H groups in total. The lowest BCUT2D eigenvalue weighted by Gasteiger charge is -2.32. The standard InChI is InChI=1S/C20H30BNO7/c1-18(2,3)27-17(25)22-15(16(23)24)12-9-10-14(26-8)13(11-12)21-28-19(4,5)20(6,7)29-21/h9-11,15H,1-8H3,(H,22,25)(H,23,24)/t15-/m1/s1. The van der Waals surface area contributed by atoms with E-state index in [-0.39, 0.29) is 0 Å². The van der Waals surface area contributed by atoms with Crippen LogP contribution in [0.3, 0.4) is 0 Å². The quantitative estimate of drug-likeness (QED) is 0.724. The Morgan fingerprint density at radius 2 is 1.69 bits per heavy atom. The molecule has 0 spiro atoms. The molecule has 1 amide bonds. The molecule has 1 fully saturated rings. The molecule has 0 saturated carbocycles. The number of ether oxygens (including phenoxy) is 2. The van der Waals surface area contributed by atoms with Crippen LogP contribution in [0, 0.1) is 0 Å². The lowest BCUT2D eigenvalue weighted by atomic mass is 9.77. The van der Waals surface area contributed by atoms with Gasteiger partial charge >= 0.3 is 19.2 Å². The highest BCUT2D eigenvalue weighted by Gasteiger charge is 2.52. The van der Waals surface area contributed by atoms with Crippen LogP contribution in [0.5, 0.6) is 5.75 Å². The summed E-state index contributed by atoms with van der Waals surface area (Å²) in [5.41, 5.74) is -1.00. The van der Waals surface area contributed by atoms with Gasteiger partial charge in [-0.1, -0.05) is 12.1 Å².